The number of ether oxygens (including phenoxy) is 3. The van der Waals surface area contributed by atoms with Crippen molar-refractivity contribution in [3.05, 3.63) is 12.7 Å². The third-order valence-corrected chi connectivity index (χ3v) is 2.11. The molecule has 1 N–H and O–H groups in total. The Kier molecular flexibility index (Phi) is 10.5. The molecule has 5 nitrogen and oxygen atoms in total. The van der Waals surface area contributed by atoms with Gasteiger partial charge in [-0.3, -0.25) is 0 Å². The highest BCUT2D eigenvalue weighted by molar-refractivity contribution is 5.81. The maximum absolute atomic E-state index is 12.6. The molecule has 0 radical (unpaired) electrons. The standard InChI is InChI=1S/C12H21FO5/c1-3-12(15)18-7-6-17-11(9-13)8-10(2)16-5-4-14/h3,10-11,14H,1,4-9H2,2H3. The zero-order valence-corrected chi connectivity index (χ0v) is 10.6. The number of carbonyl (C=O) groups excluding carboxylic acids is 1. The highest BCUT2D eigenvalue weighted by Crippen LogP contribution is 2.07. The minimum Gasteiger partial charge on any atom is -0.460 e. The molecule has 0 saturated carbocycles. The molecule has 6 heteroatoms. The Morgan fingerprint density at radius 3 is 2.67 bits per heavy atom. The van der Waals surface area contributed by atoms with Crippen LogP contribution in [0.3, 0.4) is 0 Å². The van der Waals surface area contributed by atoms with E-state index in [0.717, 1.165) is 6.08 Å². The van der Waals surface area contributed by atoms with Crippen molar-refractivity contribution in [3.8, 4) is 0 Å². The predicted octanol–water partition coefficient (Wildman–Crippen LogP) is 0.858. The molecule has 0 aromatic heterocycles. The molecule has 0 bridgehead atoms. The number of aliphatic hydroxyl groups is 1. The van der Waals surface area contributed by atoms with Crippen LogP contribution in [0.1, 0.15) is 13.3 Å². The summed E-state index contributed by atoms with van der Waals surface area (Å²) in [5.74, 6) is -0.532. The summed E-state index contributed by atoms with van der Waals surface area (Å²) in [6.45, 7) is 4.73. The summed E-state index contributed by atoms with van der Waals surface area (Å²) in [4.78, 5) is 10.7. The van der Waals surface area contributed by atoms with Crippen LogP contribution in [0.25, 0.3) is 0 Å². The van der Waals surface area contributed by atoms with Crippen LogP contribution < -0.4 is 0 Å². The molecular weight excluding hydrogens is 243 g/mol. The lowest BCUT2D eigenvalue weighted by Gasteiger charge is -2.19. The van der Waals surface area contributed by atoms with Crippen molar-refractivity contribution < 1.29 is 28.5 Å². The quantitative estimate of drug-likeness (QED) is 0.340. The minimum absolute atomic E-state index is 0.0627. The molecule has 0 aliphatic carbocycles. The van der Waals surface area contributed by atoms with E-state index in [1.807, 2.05) is 0 Å². The number of hydrogen-bond donors (Lipinski definition) is 1. The first-order chi connectivity index (χ1) is 8.63. The Bertz CT molecular complexity index is 235. The first kappa shape index (κ1) is 17.0. The second-order valence-electron chi connectivity index (χ2n) is 3.66. The molecular formula is C12H21FO5. The first-order valence-electron chi connectivity index (χ1n) is 5.83. The van der Waals surface area contributed by atoms with Gasteiger partial charge in [-0.2, -0.15) is 0 Å². The van der Waals surface area contributed by atoms with Crippen LogP contribution in [0.2, 0.25) is 0 Å². The fourth-order valence-corrected chi connectivity index (χ4v) is 1.28. The smallest absolute Gasteiger partial charge is 0.330 e. The minimum atomic E-state index is -0.637. The maximum atomic E-state index is 12.6. The van der Waals surface area contributed by atoms with Crippen LogP contribution in [-0.4, -0.2) is 56.4 Å². The fourth-order valence-electron chi connectivity index (χ4n) is 1.28. The zero-order chi connectivity index (χ0) is 13.8. The monoisotopic (exact) mass is 264 g/mol. The van der Waals surface area contributed by atoms with Crippen molar-refractivity contribution in [3.63, 3.8) is 0 Å². The van der Waals surface area contributed by atoms with Crippen LogP contribution >= 0.6 is 0 Å². The highest BCUT2D eigenvalue weighted by atomic mass is 19.1. The lowest BCUT2D eigenvalue weighted by Crippen LogP contribution is -2.25. The first-order valence-corrected chi connectivity index (χ1v) is 5.83. The van der Waals surface area contributed by atoms with E-state index in [9.17, 15) is 9.18 Å². The van der Waals surface area contributed by atoms with E-state index >= 15 is 0 Å². The lowest BCUT2D eigenvalue weighted by molar-refractivity contribution is -0.140. The number of hydrogen-bond acceptors (Lipinski definition) is 5. The van der Waals surface area contributed by atoms with Crippen molar-refractivity contribution in [1.82, 2.24) is 0 Å². The topological polar surface area (TPSA) is 65.0 Å². The van der Waals surface area contributed by atoms with Crippen LogP contribution in [0.15, 0.2) is 12.7 Å². The van der Waals surface area contributed by atoms with Crippen molar-refractivity contribution >= 4 is 5.97 Å². The van der Waals surface area contributed by atoms with Crippen molar-refractivity contribution in [1.29, 1.82) is 0 Å². The Balaban J connectivity index is 3.69. The van der Waals surface area contributed by atoms with Gasteiger partial charge in [0, 0.05) is 12.5 Å². The van der Waals surface area contributed by atoms with E-state index in [4.69, 9.17) is 14.6 Å². The molecule has 0 amide bonds. The average Bonchev–Trinajstić information content (AvgIpc) is 2.39. The summed E-state index contributed by atoms with van der Waals surface area (Å²) in [6.07, 6.45) is 0.637. The van der Waals surface area contributed by atoms with Gasteiger partial charge in [0.1, 0.15) is 13.3 Å². The van der Waals surface area contributed by atoms with E-state index in [1.54, 1.807) is 6.92 Å². The van der Waals surface area contributed by atoms with Crippen LogP contribution in [-0.2, 0) is 19.0 Å². The molecule has 0 heterocycles. The third-order valence-electron chi connectivity index (χ3n) is 2.11. The van der Waals surface area contributed by atoms with E-state index in [0.29, 0.717) is 6.42 Å². The van der Waals surface area contributed by atoms with E-state index in [1.165, 1.54) is 0 Å². The van der Waals surface area contributed by atoms with E-state index < -0.39 is 18.7 Å². The number of alkyl halides is 1. The van der Waals surface area contributed by atoms with Crippen LogP contribution in [0.5, 0.6) is 0 Å². The van der Waals surface area contributed by atoms with Crippen molar-refractivity contribution in [2.24, 2.45) is 0 Å². The molecule has 0 saturated heterocycles. The summed E-state index contributed by atoms with van der Waals surface area (Å²) < 4.78 is 27.7. The van der Waals surface area contributed by atoms with Gasteiger partial charge in [0.2, 0.25) is 0 Å². The molecule has 2 atom stereocenters. The van der Waals surface area contributed by atoms with Crippen LogP contribution in [0.4, 0.5) is 4.39 Å². The second kappa shape index (κ2) is 11.1. The van der Waals surface area contributed by atoms with E-state index in [-0.39, 0.29) is 32.5 Å². The summed E-state index contributed by atoms with van der Waals surface area (Å²) in [5, 5.41) is 8.57. The summed E-state index contributed by atoms with van der Waals surface area (Å²) in [5.41, 5.74) is 0. The number of rotatable bonds is 11. The molecule has 0 fully saturated rings. The van der Waals surface area contributed by atoms with Gasteiger partial charge in [-0.1, -0.05) is 6.58 Å². The van der Waals surface area contributed by atoms with Crippen molar-refractivity contribution in [2.45, 2.75) is 25.6 Å². The number of halogens is 1. The van der Waals surface area contributed by atoms with Gasteiger partial charge in [-0.25, -0.2) is 9.18 Å². The number of esters is 1. The zero-order valence-electron chi connectivity index (χ0n) is 10.6. The lowest BCUT2D eigenvalue weighted by atomic mass is 10.2. The summed E-state index contributed by atoms with van der Waals surface area (Å²) in [7, 11) is 0. The molecule has 0 aromatic carbocycles. The number of aliphatic hydroxyl groups excluding tert-OH is 1. The fraction of sp³-hybridized carbons (Fsp3) is 0.750. The molecule has 0 spiro atoms. The summed E-state index contributed by atoms with van der Waals surface area (Å²) in [6, 6.07) is 0. The van der Waals surface area contributed by atoms with Gasteiger partial charge in [-0.15, -0.1) is 0 Å². The Morgan fingerprint density at radius 1 is 1.39 bits per heavy atom. The largest absolute Gasteiger partial charge is 0.460 e. The molecule has 0 aliphatic heterocycles. The maximum Gasteiger partial charge on any atom is 0.330 e. The van der Waals surface area contributed by atoms with Crippen LogP contribution in [0, 0.1) is 0 Å². The van der Waals surface area contributed by atoms with Crippen molar-refractivity contribution in [2.75, 3.05) is 33.1 Å². The van der Waals surface area contributed by atoms with Gasteiger partial charge in [0.25, 0.3) is 0 Å². The molecule has 106 valence electrons. The van der Waals surface area contributed by atoms with Gasteiger partial charge >= 0.3 is 5.97 Å². The Labute approximate surface area is 107 Å². The molecule has 0 rings (SSSR count). The van der Waals surface area contributed by atoms with Gasteiger partial charge in [0.15, 0.2) is 0 Å². The van der Waals surface area contributed by atoms with Gasteiger partial charge in [0.05, 0.1) is 32.0 Å². The highest BCUT2D eigenvalue weighted by Gasteiger charge is 2.14. The van der Waals surface area contributed by atoms with E-state index in [2.05, 4.69) is 11.3 Å². The van der Waals surface area contributed by atoms with Gasteiger partial charge in [-0.05, 0) is 6.92 Å². The normalized spacial score (nSPS) is 13.9. The second-order valence-corrected chi connectivity index (χ2v) is 3.66. The van der Waals surface area contributed by atoms with Gasteiger partial charge < -0.3 is 19.3 Å². The summed E-state index contributed by atoms with van der Waals surface area (Å²) >= 11 is 0. The molecule has 18 heavy (non-hydrogen) atoms. The average molecular weight is 264 g/mol. The molecule has 0 aromatic rings. The Morgan fingerprint density at radius 2 is 2.11 bits per heavy atom. The number of carbonyl (C=O) groups is 1. The Hall–Kier alpha value is -0.980. The predicted molar refractivity (Wildman–Crippen MR) is 64.0 cm³/mol. The molecule has 2 unspecified atom stereocenters. The third kappa shape index (κ3) is 9.09. The SMILES string of the molecule is C=CC(=O)OCCOC(CF)CC(C)OCCO. The molecule has 0 aliphatic rings.